The van der Waals surface area contributed by atoms with Crippen LogP contribution in [0.15, 0.2) is 48.1 Å². The maximum absolute atomic E-state index is 13.2. The normalized spacial score (nSPS) is 14.9. The lowest BCUT2D eigenvalue weighted by atomic mass is 10.0. The number of nitro benzene ring substituents is 1. The first-order valence-corrected chi connectivity index (χ1v) is 11.3. The van der Waals surface area contributed by atoms with E-state index < -0.39 is 22.8 Å². The van der Waals surface area contributed by atoms with E-state index in [1.807, 2.05) is 0 Å². The molecule has 3 heterocycles. The van der Waals surface area contributed by atoms with Crippen molar-refractivity contribution in [1.82, 2.24) is 19.8 Å². The topological polar surface area (TPSA) is 148 Å². The molecule has 0 bridgehead atoms. The number of nitrogens with one attached hydrogen (secondary N) is 1. The number of imidazole rings is 1. The number of nitrogens with zero attached hydrogens (tertiary/aromatic N) is 4. The Hall–Kier alpha value is -4.06. The Kier molecular flexibility index (Phi) is 6.68. The molecule has 11 nitrogen and oxygen atoms in total. The molecule has 1 atom stereocenters. The molecular weight excluding hydrogens is 462 g/mol. The summed E-state index contributed by atoms with van der Waals surface area (Å²) in [5, 5.41) is 24.6. The average Bonchev–Trinajstić information content (AvgIpc) is 3.48. The minimum Gasteiger partial charge on any atom is -0.481 e. The molecule has 0 aliphatic carbocycles. The number of amides is 2. The Morgan fingerprint density at radius 3 is 2.74 bits per heavy atom. The van der Waals surface area contributed by atoms with Gasteiger partial charge in [0.15, 0.2) is 0 Å². The summed E-state index contributed by atoms with van der Waals surface area (Å²) in [5.74, 6) is -1.81. The lowest BCUT2D eigenvalue weighted by molar-refractivity contribution is -0.385. The summed E-state index contributed by atoms with van der Waals surface area (Å²) in [5.41, 5.74) is 1.80. The first kappa shape index (κ1) is 23.1. The van der Waals surface area contributed by atoms with Gasteiger partial charge < -0.3 is 19.9 Å². The highest BCUT2D eigenvalue weighted by molar-refractivity contribution is 7.12. The molecule has 4 rings (SSSR count). The van der Waals surface area contributed by atoms with Crippen LogP contribution in [0, 0.1) is 10.1 Å². The van der Waals surface area contributed by atoms with Gasteiger partial charge in [-0.25, -0.2) is 4.98 Å². The molecule has 2 amide bonds. The van der Waals surface area contributed by atoms with E-state index in [1.54, 1.807) is 46.6 Å². The first-order valence-electron chi connectivity index (χ1n) is 10.4. The lowest BCUT2D eigenvalue weighted by Crippen LogP contribution is -2.53. The van der Waals surface area contributed by atoms with Gasteiger partial charge in [0.2, 0.25) is 5.91 Å². The standard InChI is InChI=1S/C22H21N5O6S/c28-20(29)7-8-23-21(30)17-10-15-18(12-26(17)22(31)19-6-3-9-34-19)25(13-24-15)11-14-4-1-2-5-16(14)27(32)33/h1-6,9,13,17H,7-8,10-12H2,(H,23,30)(H,28,29). The molecule has 34 heavy (non-hydrogen) atoms. The summed E-state index contributed by atoms with van der Waals surface area (Å²) in [4.78, 5) is 54.2. The Morgan fingerprint density at radius 2 is 2.03 bits per heavy atom. The van der Waals surface area contributed by atoms with Crippen LogP contribution >= 0.6 is 11.3 Å². The molecule has 2 aromatic heterocycles. The van der Waals surface area contributed by atoms with E-state index in [0.717, 1.165) is 0 Å². The summed E-state index contributed by atoms with van der Waals surface area (Å²) in [6, 6.07) is 8.98. The molecule has 0 spiro atoms. The summed E-state index contributed by atoms with van der Waals surface area (Å²) in [6.45, 7) is 0.227. The van der Waals surface area contributed by atoms with Gasteiger partial charge in [-0.2, -0.15) is 0 Å². The molecular formula is C22H21N5O6S. The number of thiophene rings is 1. The number of nitro groups is 1. The SMILES string of the molecule is O=C(O)CCNC(=O)C1Cc2ncn(Cc3ccccc3[N+](=O)[O-])c2CN1C(=O)c1cccs1. The van der Waals surface area contributed by atoms with Crippen molar-refractivity contribution in [2.75, 3.05) is 6.54 Å². The molecule has 0 fully saturated rings. The predicted octanol–water partition coefficient (Wildman–Crippen LogP) is 2.06. The van der Waals surface area contributed by atoms with Gasteiger partial charge in [0.05, 0.1) is 47.0 Å². The van der Waals surface area contributed by atoms with Gasteiger partial charge in [-0.05, 0) is 11.4 Å². The minimum atomic E-state index is -1.04. The monoisotopic (exact) mass is 483 g/mol. The van der Waals surface area contributed by atoms with Gasteiger partial charge in [-0.15, -0.1) is 11.3 Å². The Morgan fingerprint density at radius 1 is 1.24 bits per heavy atom. The number of rotatable bonds is 8. The number of fused-ring (bicyclic) bond motifs is 1. The highest BCUT2D eigenvalue weighted by Crippen LogP contribution is 2.27. The summed E-state index contributed by atoms with van der Waals surface area (Å²) in [6.07, 6.45) is 1.47. The zero-order chi connectivity index (χ0) is 24.2. The lowest BCUT2D eigenvalue weighted by Gasteiger charge is -2.34. The van der Waals surface area contributed by atoms with Crippen LogP contribution < -0.4 is 5.32 Å². The fraction of sp³-hybridized carbons (Fsp3) is 0.273. The maximum atomic E-state index is 13.2. The molecule has 2 N–H and O–H groups in total. The fourth-order valence-corrected chi connectivity index (χ4v) is 4.59. The van der Waals surface area contributed by atoms with E-state index in [-0.39, 0.29) is 44.1 Å². The van der Waals surface area contributed by atoms with Gasteiger partial charge in [0.25, 0.3) is 11.6 Å². The van der Waals surface area contributed by atoms with Crippen LogP contribution in [0.1, 0.15) is 33.0 Å². The van der Waals surface area contributed by atoms with Gasteiger partial charge in [-0.3, -0.25) is 24.5 Å². The van der Waals surface area contributed by atoms with Crippen LogP contribution in [-0.2, 0) is 29.1 Å². The zero-order valence-corrected chi connectivity index (χ0v) is 18.7. The third-order valence-electron chi connectivity index (χ3n) is 5.58. The van der Waals surface area contributed by atoms with Crippen molar-refractivity contribution in [3.05, 3.63) is 80.0 Å². The Balaban J connectivity index is 1.63. The summed E-state index contributed by atoms with van der Waals surface area (Å²) in [7, 11) is 0. The van der Waals surface area contributed by atoms with E-state index in [1.165, 1.54) is 22.3 Å². The molecule has 0 radical (unpaired) electrons. The molecule has 0 saturated carbocycles. The smallest absolute Gasteiger partial charge is 0.305 e. The highest BCUT2D eigenvalue weighted by Gasteiger charge is 2.37. The van der Waals surface area contributed by atoms with Crippen LogP contribution in [0.2, 0.25) is 0 Å². The van der Waals surface area contributed by atoms with Crippen molar-refractivity contribution in [2.45, 2.75) is 32.0 Å². The molecule has 1 unspecified atom stereocenters. The predicted molar refractivity (Wildman–Crippen MR) is 121 cm³/mol. The number of aliphatic carboxylic acids is 1. The molecule has 1 aliphatic heterocycles. The molecule has 0 saturated heterocycles. The summed E-state index contributed by atoms with van der Waals surface area (Å²) < 4.78 is 1.75. The van der Waals surface area contributed by atoms with Crippen molar-refractivity contribution in [1.29, 1.82) is 0 Å². The van der Waals surface area contributed by atoms with Gasteiger partial charge in [-0.1, -0.05) is 24.3 Å². The number of carbonyl (C=O) groups is 3. The number of aromatic nitrogens is 2. The van der Waals surface area contributed by atoms with Gasteiger partial charge >= 0.3 is 5.97 Å². The number of hydrogen-bond donors (Lipinski definition) is 2. The molecule has 1 aromatic carbocycles. The van der Waals surface area contributed by atoms with E-state index in [9.17, 15) is 24.5 Å². The van der Waals surface area contributed by atoms with Crippen LogP contribution in [0.25, 0.3) is 0 Å². The molecule has 12 heteroatoms. The molecule has 3 aromatic rings. The zero-order valence-electron chi connectivity index (χ0n) is 17.9. The van der Waals surface area contributed by atoms with E-state index in [2.05, 4.69) is 10.3 Å². The minimum absolute atomic E-state index is 0.0111. The van der Waals surface area contributed by atoms with Crippen LogP contribution in [0.5, 0.6) is 0 Å². The van der Waals surface area contributed by atoms with Crippen LogP contribution in [-0.4, -0.2) is 54.9 Å². The second-order valence-corrected chi connectivity index (χ2v) is 8.66. The van der Waals surface area contributed by atoms with Crippen molar-refractivity contribution >= 4 is 34.8 Å². The summed E-state index contributed by atoms with van der Waals surface area (Å²) >= 11 is 1.26. The quantitative estimate of drug-likeness (QED) is 0.368. The van der Waals surface area contributed by atoms with Gasteiger partial charge in [0.1, 0.15) is 6.04 Å². The molecule has 176 valence electrons. The number of benzene rings is 1. The number of hydrogen-bond acceptors (Lipinski definition) is 7. The van der Waals surface area contributed by atoms with Gasteiger partial charge in [0, 0.05) is 24.6 Å². The number of carboxylic acids is 1. The number of carboxylic acid groups (broad SMARTS) is 1. The highest BCUT2D eigenvalue weighted by atomic mass is 32.1. The van der Waals surface area contributed by atoms with Crippen molar-refractivity contribution < 1.29 is 24.4 Å². The fourth-order valence-electron chi connectivity index (χ4n) is 3.91. The van der Waals surface area contributed by atoms with Crippen molar-refractivity contribution in [3.8, 4) is 0 Å². The number of para-hydroxylation sites is 1. The van der Waals surface area contributed by atoms with E-state index in [4.69, 9.17) is 5.11 Å². The maximum Gasteiger partial charge on any atom is 0.305 e. The number of carbonyl (C=O) groups excluding carboxylic acids is 2. The Labute approximate surface area is 197 Å². The average molecular weight is 484 g/mol. The van der Waals surface area contributed by atoms with Crippen LogP contribution in [0.3, 0.4) is 0 Å². The van der Waals surface area contributed by atoms with Crippen molar-refractivity contribution in [2.24, 2.45) is 0 Å². The van der Waals surface area contributed by atoms with E-state index in [0.29, 0.717) is 21.8 Å². The third kappa shape index (κ3) is 4.81. The second-order valence-electron chi connectivity index (χ2n) is 7.72. The van der Waals surface area contributed by atoms with Crippen LogP contribution in [0.4, 0.5) is 5.69 Å². The van der Waals surface area contributed by atoms with E-state index >= 15 is 0 Å². The largest absolute Gasteiger partial charge is 0.481 e. The Bertz CT molecular complexity index is 1240. The van der Waals surface area contributed by atoms with Crippen molar-refractivity contribution in [3.63, 3.8) is 0 Å². The third-order valence-corrected chi connectivity index (χ3v) is 6.44. The second kappa shape index (κ2) is 9.83. The first-order chi connectivity index (χ1) is 16.3. The molecule has 1 aliphatic rings.